The summed E-state index contributed by atoms with van der Waals surface area (Å²) in [4.78, 5) is 0. The van der Waals surface area contributed by atoms with E-state index in [4.69, 9.17) is 0 Å². The molecule has 56 valence electrons. The molecular formula is C8H9N3. The fourth-order valence-electron chi connectivity index (χ4n) is 1.08. The number of rotatable bonds is 0. The highest BCUT2D eigenvalue weighted by Gasteiger charge is 1.96. The van der Waals surface area contributed by atoms with Crippen LogP contribution in [0.1, 0.15) is 11.1 Å². The van der Waals surface area contributed by atoms with Crippen LogP contribution in [0.3, 0.4) is 0 Å². The van der Waals surface area contributed by atoms with E-state index in [0.717, 1.165) is 5.52 Å². The lowest BCUT2D eigenvalue weighted by atomic mass is 10.2. The SMILES string of the molecule is Cc1cc2cnnn2cc1C. The Morgan fingerprint density at radius 3 is 2.91 bits per heavy atom. The van der Waals surface area contributed by atoms with Crippen LogP contribution in [0.25, 0.3) is 5.52 Å². The number of nitrogens with zero attached hydrogens (tertiary/aromatic N) is 3. The molecule has 2 rings (SSSR count). The molecular weight excluding hydrogens is 138 g/mol. The minimum atomic E-state index is 1.05. The first kappa shape index (κ1) is 6.34. The molecule has 0 unspecified atom stereocenters. The topological polar surface area (TPSA) is 30.2 Å². The van der Waals surface area contributed by atoms with Gasteiger partial charge in [0.2, 0.25) is 0 Å². The molecule has 0 saturated heterocycles. The zero-order chi connectivity index (χ0) is 7.84. The number of pyridine rings is 1. The van der Waals surface area contributed by atoms with E-state index in [1.165, 1.54) is 11.1 Å². The number of hydrogen-bond donors (Lipinski definition) is 0. The lowest BCUT2D eigenvalue weighted by Crippen LogP contribution is -1.90. The van der Waals surface area contributed by atoms with E-state index < -0.39 is 0 Å². The highest BCUT2D eigenvalue weighted by atomic mass is 15.4. The Bertz CT molecular complexity index is 353. The third-order valence-electron chi connectivity index (χ3n) is 1.90. The molecule has 0 radical (unpaired) electrons. The molecule has 2 aromatic heterocycles. The molecule has 3 heteroatoms. The number of fused-ring (bicyclic) bond motifs is 1. The van der Waals surface area contributed by atoms with Crippen molar-refractivity contribution < 1.29 is 0 Å². The first-order valence-corrected chi connectivity index (χ1v) is 3.54. The van der Waals surface area contributed by atoms with Crippen molar-refractivity contribution in [3.8, 4) is 0 Å². The van der Waals surface area contributed by atoms with Gasteiger partial charge in [0.05, 0.1) is 11.7 Å². The summed E-state index contributed by atoms with van der Waals surface area (Å²) >= 11 is 0. The Balaban J connectivity index is 2.86. The average Bonchev–Trinajstić information content (AvgIpc) is 2.36. The van der Waals surface area contributed by atoms with Gasteiger partial charge in [-0.05, 0) is 31.0 Å². The zero-order valence-electron chi connectivity index (χ0n) is 6.57. The highest BCUT2D eigenvalue weighted by molar-refractivity contribution is 5.47. The molecule has 0 aliphatic rings. The Kier molecular flexibility index (Phi) is 1.18. The van der Waals surface area contributed by atoms with Gasteiger partial charge >= 0.3 is 0 Å². The van der Waals surface area contributed by atoms with Crippen molar-refractivity contribution in [2.75, 3.05) is 0 Å². The second-order valence-corrected chi connectivity index (χ2v) is 2.74. The average molecular weight is 147 g/mol. The molecule has 0 atom stereocenters. The number of hydrogen-bond acceptors (Lipinski definition) is 2. The highest BCUT2D eigenvalue weighted by Crippen LogP contribution is 2.08. The molecule has 2 heterocycles. The van der Waals surface area contributed by atoms with Gasteiger partial charge in [-0.2, -0.15) is 0 Å². The van der Waals surface area contributed by atoms with Crippen molar-refractivity contribution in [2.45, 2.75) is 13.8 Å². The van der Waals surface area contributed by atoms with E-state index in [2.05, 4.69) is 30.2 Å². The molecule has 0 aromatic carbocycles. The van der Waals surface area contributed by atoms with Gasteiger partial charge in [-0.3, -0.25) is 0 Å². The predicted molar refractivity (Wildman–Crippen MR) is 42.5 cm³/mol. The molecule has 0 aliphatic carbocycles. The molecule has 0 spiro atoms. The summed E-state index contributed by atoms with van der Waals surface area (Å²) in [6.45, 7) is 4.15. The van der Waals surface area contributed by atoms with E-state index in [0.29, 0.717) is 0 Å². The normalized spacial score (nSPS) is 10.7. The van der Waals surface area contributed by atoms with Crippen LogP contribution in [0.5, 0.6) is 0 Å². The van der Waals surface area contributed by atoms with E-state index in [-0.39, 0.29) is 0 Å². The van der Waals surface area contributed by atoms with Gasteiger partial charge in [-0.15, -0.1) is 5.10 Å². The van der Waals surface area contributed by atoms with Crippen molar-refractivity contribution in [3.63, 3.8) is 0 Å². The van der Waals surface area contributed by atoms with Gasteiger partial charge in [0.25, 0.3) is 0 Å². The van der Waals surface area contributed by atoms with Crippen molar-refractivity contribution in [2.24, 2.45) is 0 Å². The van der Waals surface area contributed by atoms with Crippen LogP contribution >= 0.6 is 0 Å². The van der Waals surface area contributed by atoms with Crippen LogP contribution in [0, 0.1) is 13.8 Å². The Morgan fingerprint density at radius 2 is 2.09 bits per heavy atom. The molecule has 0 saturated carbocycles. The van der Waals surface area contributed by atoms with Gasteiger partial charge in [-0.25, -0.2) is 4.52 Å². The second-order valence-electron chi connectivity index (χ2n) is 2.74. The standard InChI is InChI=1S/C8H9N3/c1-6-3-8-4-9-10-11(8)5-7(6)2/h3-5H,1-2H3. The molecule has 0 N–H and O–H groups in total. The van der Waals surface area contributed by atoms with Crippen molar-refractivity contribution >= 4 is 5.52 Å². The summed E-state index contributed by atoms with van der Waals surface area (Å²) in [5.74, 6) is 0. The lowest BCUT2D eigenvalue weighted by molar-refractivity contribution is 0.849. The molecule has 2 aromatic rings. The van der Waals surface area contributed by atoms with Gasteiger partial charge in [0, 0.05) is 6.20 Å². The fourth-order valence-corrected chi connectivity index (χ4v) is 1.08. The van der Waals surface area contributed by atoms with Crippen LogP contribution in [0.2, 0.25) is 0 Å². The van der Waals surface area contributed by atoms with Gasteiger partial charge in [-0.1, -0.05) is 5.21 Å². The monoisotopic (exact) mass is 147 g/mol. The van der Waals surface area contributed by atoms with Gasteiger partial charge < -0.3 is 0 Å². The van der Waals surface area contributed by atoms with Crippen LogP contribution in [0.4, 0.5) is 0 Å². The summed E-state index contributed by atoms with van der Waals surface area (Å²) in [5.41, 5.74) is 3.57. The zero-order valence-corrected chi connectivity index (χ0v) is 6.57. The summed E-state index contributed by atoms with van der Waals surface area (Å²) in [6, 6.07) is 2.08. The summed E-state index contributed by atoms with van der Waals surface area (Å²) in [6.07, 6.45) is 3.74. The van der Waals surface area contributed by atoms with Crippen LogP contribution in [0.15, 0.2) is 18.5 Å². The number of aryl methyl sites for hydroxylation is 2. The second kappa shape index (κ2) is 2.05. The van der Waals surface area contributed by atoms with Gasteiger partial charge in [0.1, 0.15) is 0 Å². The molecule has 0 amide bonds. The molecule has 0 aliphatic heterocycles. The maximum Gasteiger partial charge on any atom is 0.0867 e. The quantitative estimate of drug-likeness (QED) is 0.563. The summed E-state index contributed by atoms with van der Waals surface area (Å²) in [7, 11) is 0. The first-order valence-electron chi connectivity index (χ1n) is 3.54. The third-order valence-corrected chi connectivity index (χ3v) is 1.90. The smallest absolute Gasteiger partial charge is 0.0867 e. The summed E-state index contributed by atoms with van der Waals surface area (Å²) < 4.78 is 1.78. The fraction of sp³-hybridized carbons (Fsp3) is 0.250. The lowest BCUT2D eigenvalue weighted by Gasteiger charge is -1.98. The maximum atomic E-state index is 3.89. The maximum absolute atomic E-state index is 3.89. The van der Waals surface area contributed by atoms with Crippen molar-refractivity contribution in [3.05, 3.63) is 29.6 Å². The van der Waals surface area contributed by atoms with E-state index >= 15 is 0 Å². The minimum Gasteiger partial charge on any atom is -0.220 e. The Hall–Kier alpha value is -1.38. The third kappa shape index (κ3) is 0.888. The first-order chi connectivity index (χ1) is 5.27. The van der Waals surface area contributed by atoms with E-state index in [1.54, 1.807) is 10.7 Å². The predicted octanol–water partition coefficient (Wildman–Crippen LogP) is 1.35. The summed E-state index contributed by atoms with van der Waals surface area (Å²) in [5, 5.41) is 7.68. The Labute approximate surface area is 64.7 Å². The van der Waals surface area contributed by atoms with E-state index in [9.17, 15) is 0 Å². The molecule has 0 fully saturated rings. The molecule has 11 heavy (non-hydrogen) atoms. The minimum absolute atomic E-state index is 1.05. The Morgan fingerprint density at radius 1 is 1.27 bits per heavy atom. The number of aromatic nitrogens is 3. The molecule has 0 bridgehead atoms. The van der Waals surface area contributed by atoms with Crippen LogP contribution in [-0.2, 0) is 0 Å². The van der Waals surface area contributed by atoms with Crippen LogP contribution < -0.4 is 0 Å². The van der Waals surface area contributed by atoms with Gasteiger partial charge in [0.15, 0.2) is 0 Å². The van der Waals surface area contributed by atoms with Crippen LogP contribution in [-0.4, -0.2) is 14.8 Å². The van der Waals surface area contributed by atoms with Crippen molar-refractivity contribution in [1.29, 1.82) is 0 Å². The largest absolute Gasteiger partial charge is 0.220 e. The van der Waals surface area contributed by atoms with Crippen molar-refractivity contribution in [1.82, 2.24) is 14.8 Å². The van der Waals surface area contributed by atoms with E-state index in [1.807, 2.05) is 6.20 Å². The molecule has 3 nitrogen and oxygen atoms in total.